The maximum atomic E-state index is 12.8. The molecule has 1 aliphatic rings. The Hall–Kier alpha value is -2.25. The molecular weight excluding hydrogens is 373 g/mol. The molecule has 156 valence electrons. The largest absolute Gasteiger partial charge is 0.444 e. The number of nitrogens with zero attached hydrogens (tertiary/aromatic N) is 2. The number of halogens is 3. The lowest BCUT2D eigenvalue weighted by atomic mass is 10.0. The van der Waals surface area contributed by atoms with Crippen molar-refractivity contribution in [1.29, 1.82) is 0 Å². The van der Waals surface area contributed by atoms with E-state index in [2.05, 4.69) is 0 Å². The van der Waals surface area contributed by atoms with Crippen LogP contribution in [0.25, 0.3) is 0 Å². The van der Waals surface area contributed by atoms with Gasteiger partial charge >= 0.3 is 12.3 Å². The average Bonchev–Trinajstić information content (AvgIpc) is 2.59. The zero-order valence-corrected chi connectivity index (χ0v) is 16.7. The summed E-state index contributed by atoms with van der Waals surface area (Å²) in [6, 6.07) is 4.77. The smallest absolute Gasteiger partial charge is 0.416 e. The number of amides is 2. The van der Waals surface area contributed by atoms with Crippen LogP contribution >= 0.6 is 0 Å². The molecule has 28 heavy (non-hydrogen) atoms. The standard InChI is InChI=1S/C20H27F3N2O3/c1-19(2,3)28-18(27)25-10-8-16(9-11-25)24(4)17(26)13-14-6-5-7-15(12-14)20(21,22)23/h5-7,12,16H,8-11,13H2,1-4H3. The summed E-state index contributed by atoms with van der Waals surface area (Å²) in [4.78, 5) is 27.8. The molecule has 8 heteroatoms. The summed E-state index contributed by atoms with van der Waals surface area (Å²) in [6.45, 7) is 6.36. The average molecular weight is 400 g/mol. The lowest BCUT2D eigenvalue weighted by Crippen LogP contribution is -2.48. The van der Waals surface area contributed by atoms with Gasteiger partial charge < -0.3 is 14.5 Å². The number of likely N-dealkylation sites (N-methyl/N-ethyl adjacent to an activating group) is 1. The minimum absolute atomic E-state index is 0.0583. The topological polar surface area (TPSA) is 49.9 Å². The molecular formula is C20H27F3N2O3. The van der Waals surface area contributed by atoms with Crippen molar-refractivity contribution in [3.05, 3.63) is 35.4 Å². The van der Waals surface area contributed by atoms with Crippen LogP contribution < -0.4 is 0 Å². The normalized spacial score (nSPS) is 16.0. The lowest BCUT2D eigenvalue weighted by Gasteiger charge is -2.37. The van der Waals surface area contributed by atoms with Crippen molar-refractivity contribution < 1.29 is 27.5 Å². The molecule has 1 fully saturated rings. The molecule has 2 amide bonds. The van der Waals surface area contributed by atoms with Crippen LogP contribution in [0.5, 0.6) is 0 Å². The number of hydrogen-bond donors (Lipinski definition) is 0. The van der Waals surface area contributed by atoms with Crippen LogP contribution in [0.2, 0.25) is 0 Å². The van der Waals surface area contributed by atoms with Crippen LogP contribution in [-0.2, 0) is 22.1 Å². The van der Waals surface area contributed by atoms with Gasteiger partial charge in [0.15, 0.2) is 0 Å². The van der Waals surface area contributed by atoms with Crippen LogP contribution in [0.15, 0.2) is 24.3 Å². The van der Waals surface area contributed by atoms with E-state index < -0.39 is 17.3 Å². The van der Waals surface area contributed by atoms with E-state index in [9.17, 15) is 22.8 Å². The number of carbonyl (C=O) groups is 2. The number of ether oxygens (including phenoxy) is 1. The minimum atomic E-state index is -4.43. The second kappa shape index (κ2) is 8.41. The Labute approximate surface area is 163 Å². The molecule has 2 rings (SSSR count). The van der Waals surface area contributed by atoms with Gasteiger partial charge in [-0.1, -0.05) is 18.2 Å². The molecule has 1 heterocycles. The zero-order valence-electron chi connectivity index (χ0n) is 16.7. The van der Waals surface area contributed by atoms with Gasteiger partial charge in [-0.3, -0.25) is 4.79 Å². The van der Waals surface area contributed by atoms with Crippen LogP contribution in [0.4, 0.5) is 18.0 Å². The monoisotopic (exact) mass is 400 g/mol. The minimum Gasteiger partial charge on any atom is -0.444 e. The van der Waals surface area contributed by atoms with Crippen molar-refractivity contribution in [2.45, 2.75) is 57.9 Å². The highest BCUT2D eigenvalue weighted by Crippen LogP contribution is 2.29. The Kier molecular flexibility index (Phi) is 6.62. The van der Waals surface area contributed by atoms with E-state index in [1.54, 1.807) is 37.6 Å². The second-order valence-corrected chi connectivity index (χ2v) is 8.08. The van der Waals surface area contributed by atoms with Crippen molar-refractivity contribution >= 4 is 12.0 Å². The number of benzene rings is 1. The van der Waals surface area contributed by atoms with E-state index in [4.69, 9.17) is 4.74 Å². The van der Waals surface area contributed by atoms with Gasteiger partial charge in [-0.15, -0.1) is 0 Å². The fourth-order valence-electron chi connectivity index (χ4n) is 3.12. The molecule has 0 aliphatic carbocycles. The van der Waals surface area contributed by atoms with E-state index in [-0.39, 0.29) is 24.5 Å². The first-order valence-electron chi connectivity index (χ1n) is 9.26. The molecule has 0 spiro atoms. The van der Waals surface area contributed by atoms with Gasteiger partial charge in [-0.25, -0.2) is 4.79 Å². The fraction of sp³-hybridized carbons (Fsp3) is 0.600. The van der Waals surface area contributed by atoms with Crippen LogP contribution in [0, 0.1) is 0 Å². The summed E-state index contributed by atoms with van der Waals surface area (Å²) in [5.41, 5.74) is -0.991. The molecule has 1 aliphatic heterocycles. The van der Waals surface area contributed by atoms with Gasteiger partial charge in [0.25, 0.3) is 0 Å². The third kappa shape index (κ3) is 6.14. The van der Waals surface area contributed by atoms with Gasteiger partial charge in [0.2, 0.25) is 5.91 Å². The van der Waals surface area contributed by atoms with Crippen molar-refractivity contribution in [2.24, 2.45) is 0 Å². The van der Waals surface area contributed by atoms with Crippen LogP contribution in [0.3, 0.4) is 0 Å². The summed E-state index contributed by atoms with van der Waals surface area (Å²) in [5.74, 6) is -0.241. The summed E-state index contributed by atoms with van der Waals surface area (Å²) >= 11 is 0. The maximum absolute atomic E-state index is 12.8. The molecule has 1 saturated heterocycles. The molecule has 0 radical (unpaired) electrons. The van der Waals surface area contributed by atoms with E-state index in [0.717, 1.165) is 12.1 Å². The first-order valence-corrected chi connectivity index (χ1v) is 9.26. The maximum Gasteiger partial charge on any atom is 0.416 e. The predicted molar refractivity (Wildman–Crippen MR) is 98.7 cm³/mol. The summed E-state index contributed by atoms with van der Waals surface area (Å²) in [5, 5.41) is 0. The van der Waals surface area contributed by atoms with Crippen molar-refractivity contribution in [2.75, 3.05) is 20.1 Å². The zero-order chi connectivity index (χ0) is 21.1. The highest BCUT2D eigenvalue weighted by Gasteiger charge is 2.32. The molecule has 0 aromatic heterocycles. The van der Waals surface area contributed by atoms with E-state index >= 15 is 0 Å². The summed E-state index contributed by atoms with van der Waals surface area (Å²) in [7, 11) is 1.66. The number of carbonyl (C=O) groups excluding carboxylic acids is 2. The second-order valence-electron chi connectivity index (χ2n) is 8.08. The Morgan fingerprint density at radius 1 is 1.18 bits per heavy atom. The van der Waals surface area contributed by atoms with Gasteiger partial charge in [-0.2, -0.15) is 13.2 Å². The molecule has 5 nitrogen and oxygen atoms in total. The number of likely N-dealkylation sites (tertiary alicyclic amines) is 1. The van der Waals surface area contributed by atoms with Gasteiger partial charge in [0.05, 0.1) is 12.0 Å². The Bertz CT molecular complexity index is 705. The van der Waals surface area contributed by atoms with E-state index in [0.29, 0.717) is 31.5 Å². The van der Waals surface area contributed by atoms with Gasteiger partial charge in [-0.05, 0) is 45.2 Å². The predicted octanol–water partition coefficient (Wildman–Crippen LogP) is 4.11. The first kappa shape index (κ1) is 22.0. The third-order valence-corrected chi connectivity index (χ3v) is 4.67. The number of hydrogen-bond acceptors (Lipinski definition) is 3. The molecule has 0 unspecified atom stereocenters. The number of piperidine rings is 1. The van der Waals surface area contributed by atoms with E-state index in [1.807, 2.05) is 0 Å². The Morgan fingerprint density at radius 3 is 2.32 bits per heavy atom. The van der Waals surface area contributed by atoms with Crippen molar-refractivity contribution in [3.8, 4) is 0 Å². The van der Waals surface area contributed by atoms with Crippen LogP contribution in [-0.4, -0.2) is 53.6 Å². The summed E-state index contributed by atoms with van der Waals surface area (Å²) in [6.07, 6.45) is -3.69. The third-order valence-electron chi connectivity index (χ3n) is 4.67. The first-order chi connectivity index (χ1) is 12.9. The molecule has 0 atom stereocenters. The number of alkyl halides is 3. The Morgan fingerprint density at radius 2 is 1.79 bits per heavy atom. The highest BCUT2D eigenvalue weighted by atomic mass is 19.4. The fourth-order valence-corrected chi connectivity index (χ4v) is 3.12. The van der Waals surface area contributed by atoms with E-state index in [1.165, 1.54) is 12.1 Å². The molecule has 0 N–H and O–H groups in total. The summed E-state index contributed by atoms with van der Waals surface area (Å²) < 4.78 is 43.8. The SMILES string of the molecule is CN(C(=O)Cc1cccc(C(F)(F)F)c1)C1CCN(C(=O)OC(C)(C)C)CC1. The quantitative estimate of drug-likeness (QED) is 0.767. The molecule has 1 aromatic rings. The van der Waals surface area contributed by atoms with Crippen molar-refractivity contribution in [1.82, 2.24) is 9.80 Å². The van der Waals surface area contributed by atoms with Gasteiger partial charge in [0, 0.05) is 26.2 Å². The molecule has 0 saturated carbocycles. The number of rotatable bonds is 3. The molecule has 1 aromatic carbocycles. The van der Waals surface area contributed by atoms with Gasteiger partial charge in [0.1, 0.15) is 5.60 Å². The Balaban J connectivity index is 1.90. The molecule has 0 bridgehead atoms. The highest BCUT2D eigenvalue weighted by molar-refractivity contribution is 5.79. The van der Waals surface area contributed by atoms with Crippen LogP contribution in [0.1, 0.15) is 44.7 Å². The van der Waals surface area contributed by atoms with Crippen molar-refractivity contribution in [3.63, 3.8) is 0 Å². The lowest BCUT2D eigenvalue weighted by molar-refractivity contribution is -0.138.